The predicted molar refractivity (Wildman–Crippen MR) is 162 cm³/mol. The van der Waals surface area contributed by atoms with Crippen molar-refractivity contribution in [3.63, 3.8) is 0 Å². The molecule has 0 radical (unpaired) electrons. The van der Waals surface area contributed by atoms with Gasteiger partial charge < -0.3 is 21.3 Å². The average Bonchev–Trinajstić information content (AvgIpc) is 2.96. The van der Waals surface area contributed by atoms with E-state index in [1.807, 2.05) is 81.4 Å². The van der Waals surface area contributed by atoms with Crippen LogP contribution in [0, 0.1) is 11.3 Å². The van der Waals surface area contributed by atoms with Crippen molar-refractivity contribution < 1.29 is 24.0 Å². The van der Waals surface area contributed by atoms with Crippen LogP contribution in [0.25, 0.3) is 10.8 Å². The number of nitrogens with one attached hydrogen (secondary N) is 4. The van der Waals surface area contributed by atoms with Crippen LogP contribution >= 0.6 is 0 Å². The molecule has 4 N–H and O–H groups in total. The molecule has 3 rings (SSSR count). The fraction of sp³-hybridized carbons (Fsp3) is 0.364. The number of carbonyl (C=O) groups excluding carboxylic acids is 5. The summed E-state index contributed by atoms with van der Waals surface area (Å²) in [5.74, 6) is -3.55. The van der Waals surface area contributed by atoms with Gasteiger partial charge in [0.2, 0.25) is 17.6 Å². The number of carbonyl (C=O) groups is 5. The van der Waals surface area contributed by atoms with Gasteiger partial charge in [0.25, 0.3) is 11.8 Å². The van der Waals surface area contributed by atoms with Crippen LogP contribution in [0.1, 0.15) is 57.5 Å². The summed E-state index contributed by atoms with van der Waals surface area (Å²) >= 11 is 0. The molecule has 0 saturated heterocycles. The van der Waals surface area contributed by atoms with E-state index in [1.54, 1.807) is 26.0 Å². The Hall–Kier alpha value is -4.53. The van der Waals surface area contributed by atoms with Crippen molar-refractivity contribution >= 4 is 40.2 Å². The highest BCUT2D eigenvalue weighted by Gasteiger charge is 2.36. The third-order valence-corrected chi connectivity index (χ3v) is 6.96. The number of Topliss-reactive ketones (excluding diaryl/α,β-unsaturated/α-hetero) is 1. The van der Waals surface area contributed by atoms with Crippen molar-refractivity contribution in [1.82, 2.24) is 21.3 Å². The molecule has 4 amide bonds. The third kappa shape index (κ3) is 8.25. The highest BCUT2D eigenvalue weighted by atomic mass is 16.2. The third-order valence-electron chi connectivity index (χ3n) is 6.96. The van der Waals surface area contributed by atoms with Crippen LogP contribution in [-0.4, -0.2) is 47.5 Å². The van der Waals surface area contributed by atoms with Crippen LogP contribution in [0.3, 0.4) is 0 Å². The first-order valence-electron chi connectivity index (χ1n) is 14.0. The van der Waals surface area contributed by atoms with Gasteiger partial charge in [0.15, 0.2) is 0 Å². The van der Waals surface area contributed by atoms with Crippen LogP contribution in [0.15, 0.2) is 72.8 Å². The Labute approximate surface area is 246 Å². The molecular formula is C33H40N4O5. The smallest absolute Gasteiger partial charge is 0.289 e. The molecule has 222 valence electrons. The largest absolute Gasteiger partial charge is 0.345 e. The minimum Gasteiger partial charge on any atom is -0.345 e. The molecule has 3 aromatic rings. The molecule has 0 fully saturated rings. The minimum absolute atomic E-state index is 0.176. The van der Waals surface area contributed by atoms with Crippen molar-refractivity contribution in [3.8, 4) is 0 Å². The fourth-order valence-corrected chi connectivity index (χ4v) is 4.49. The monoisotopic (exact) mass is 572 g/mol. The lowest BCUT2D eigenvalue weighted by atomic mass is 9.85. The first-order chi connectivity index (χ1) is 19.8. The maximum Gasteiger partial charge on any atom is 0.289 e. The molecule has 9 heteroatoms. The van der Waals surface area contributed by atoms with Crippen molar-refractivity contribution in [2.24, 2.45) is 11.3 Å². The quantitative estimate of drug-likeness (QED) is 0.261. The zero-order chi connectivity index (χ0) is 31.0. The van der Waals surface area contributed by atoms with Gasteiger partial charge in [-0.25, -0.2) is 0 Å². The van der Waals surface area contributed by atoms with E-state index >= 15 is 0 Å². The standard InChI is InChI=1S/C33H40N4O5/c1-20(2)26(27(38)31(41)34-19-22-13-8-7-9-14-22)36-29(39)21(3)35-32(42)28(33(4,5)6)37-30(40)25-18-12-16-23-15-10-11-17-24(23)25/h7-18,20-21,26,28H,19H2,1-6H3,(H,34,41)(H,35,42)(H,36,39)(H,37,40)/t21-,26-,28+/m0/s1. The van der Waals surface area contributed by atoms with Crippen LogP contribution in [0.2, 0.25) is 0 Å². The van der Waals surface area contributed by atoms with Crippen LogP contribution in [-0.2, 0) is 25.7 Å². The lowest BCUT2D eigenvalue weighted by Crippen LogP contribution is -2.59. The van der Waals surface area contributed by atoms with Gasteiger partial charge in [-0.1, -0.05) is 101 Å². The summed E-state index contributed by atoms with van der Waals surface area (Å²) in [6.07, 6.45) is 0. The van der Waals surface area contributed by atoms with E-state index in [-0.39, 0.29) is 12.5 Å². The Bertz CT molecular complexity index is 1440. The van der Waals surface area contributed by atoms with Gasteiger partial charge >= 0.3 is 0 Å². The molecule has 0 heterocycles. The Morgan fingerprint density at radius 1 is 0.714 bits per heavy atom. The fourth-order valence-electron chi connectivity index (χ4n) is 4.49. The number of fused-ring (bicyclic) bond motifs is 1. The second-order valence-electron chi connectivity index (χ2n) is 11.8. The minimum atomic E-state index is -1.09. The van der Waals surface area contributed by atoms with Gasteiger partial charge in [-0.2, -0.15) is 0 Å². The highest BCUT2D eigenvalue weighted by Crippen LogP contribution is 2.23. The molecular weight excluding hydrogens is 532 g/mol. The first-order valence-corrected chi connectivity index (χ1v) is 14.0. The molecule has 0 aromatic heterocycles. The molecule has 0 aliphatic carbocycles. The molecule has 0 unspecified atom stereocenters. The maximum atomic E-state index is 13.4. The molecule has 3 atom stereocenters. The van der Waals surface area contributed by atoms with E-state index in [0.29, 0.717) is 5.56 Å². The summed E-state index contributed by atoms with van der Waals surface area (Å²) in [6.45, 7) is 10.5. The second-order valence-corrected chi connectivity index (χ2v) is 11.8. The Morgan fingerprint density at radius 2 is 1.33 bits per heavy atom. The molecule has 0 spiro atoms. The Balaban J connectivity index is 1.66. The molecule has 0 saturated carbocycles. The van der Waals surface area contributed by atoms with Crippen molar-refractivity contribution in [3.05, 3.63) is 83.9 Å². The topological polar surface area (TPSA) is 133 Å². The Kier molecular flexibility index (Phi) is 10.6. The average molecular weight is 573 g/mol. The van der Waals surface area contributed by atoms with Gasteiger partial charge in [-0.15, -0.1) is 0 Å². The summed E-state index contributed by atoms with van der Waals surface area (Å²) in [4.78, 5) is 65.2. The number of ketones is 1. The van der Waals surface area contributed by atoms with Gasteiger partial charge in [-0.05, 0) is 40.7 Å². The van der Waals surface area contributed by atoms with E-state index in [2.05, 4.69) is 21.3 Å². The number of rotatable bonds is 11. The van der Waals surface area contributed by atoms with E-state index in [9.17, 15) is 24.0 Å². The van der Waals surface area contributed by atoms with Crippen LogP contribution in [0.4, 0.5) is 0 Å². The highest BCUT2D eigenvalue weighted by molar-refractivity contribution is 6.38. The van der Waals surface area contributed by atoms with E-state index in [1.165, 1.54) is 6.92 Å². The maximum absolute atomic E-state index is 13.4. The van der Waals surface area contributed by atoms with E-state index in [0.717, 1.165) is 16.3 Å². The normalized spacial score (nSPS) is 13.5. The molecule has 0 bridgehead atoms. The zero-order valence-electron chi connectivity index (χ0n) is 25.0. The van der Waals surface area contributed by atoms with E-state index < -0.39 is 53.0 Å². The van der Waals surface area contributed by atoms with Crippen molar-refractivity contribution in [2.75, 3.05) is 0 Å². The molecule has 9 nitrogen and oxygen atoms in total. The summed E-state index contributed by atoms with van der Waals surface area (Å²) in [5, 5.41) is 12.4. The molecule has 0 aliphatic rings. The van der Waals surface area contributed by atoms with Gasteiger partial charge in [0.1, 0.15) is 12.1 Å². The predicted octanol–water partition coefficient (Wildman–Crippen LogP) is 3.52. The van der Waals surface area contributed by atoms with Gasteiger partial charge in [0, 0.05) is 12.1 Å². The van der Waals surface area contributed by atoms with Crippen molar-refractivity contribution in [2.45, 2.75) is 66.2 Å². The summed E-state index contributed by atoms with van der Waals surface area (Å²) in [7, 11) is 0. The number of hydrogen-bond donors (Lipinski definition) is 4. The lowest BCUT2D eigenvalue weighted by Gasteiger charge is -2.31. The number of hydrogen-bond acceptors (Lipinski definition) is 5. The van der Waals surface area contributed by atoms with Crippen molar-refractivity contribution in [1.29, 1.82) is 0 Å². The lowest BCUT2D eigenvalue weighted by molar-refractivity contribution is -0.141. The summed E-state index contributed by atoms with van der Waals surface area (Å²) in [6, 6.07) is 18.9. The van der Waals surface area contributed by atoms with Crippen LogP contribution in [0.5, 0.6) is 0 Å². The van der Waals surface area contributed by atoms with Gasteiger partial charge in [0.05, 0.1) is 6.04 Å². The molecule has 42 heavy (non-hydrogen) atoms. The second kappa shape index (κ2) is 13.9. The SMILES string of the molecule is CC(C)[C@H](NC(=O)[C@H](C)NC(=O)[C@@H](NC(=O)c1cccc2ccccc12)C(C)(C)C)C(=O)C(=O)NCc1ccccc1. The van der Waals surface area contributed by atoms with Crippen LogP contribution < -0.4 is 21.3 Å². The molecule has 0 aliphatic heterocycles. The number of benzene rings is 3. The first kappa shape index (κ1) is 32.0. The zero-order valence-corrected chi connectivity index (χ0v) is 25.0. The van der Waals surface area contributed by atoms with E-state index in [4.69, 9.17) is 0 Å². The molecule has 3 aromatic carbocycles. The van der Waals surface area contributed by atoms with Gasteiger partial charge in [-0.3, -0.25) is 24.0 Å². The Morgan fingerprint density at radius 3 is 1.98 bits per heavy atom. The summed E-state index contributed by atoms with van der Waals surface area (Å²) in [5.41, 5.74) is 0.583. The number of amides is 4. The summed E-state index contributed by atoms with van der Waals surface area (Å²) < 4.78 is 0.